The van der Waals surface area contributed by atoms with E-state index in [0.717, 1.165) is 69.7 Å². The number of rotatable bonds is 10. The first-order valence-electron chi connectivity index (χ1n) is 10.2. The van der Waals surface area contributed by atoms with Crippen molar-refractivity contribution in [3.05, 3.63) is 29.3 Å². The van der Waals surface area contributed by atoms with Crippen molar-refractivity contribution in [1.82, 2.24) is 15.5 Å². The first-order chi connectivity index (χ1) is 13.2. The van der Waals surface area contributed by atoms with Gasteiger partial charge in [-0.15, -0.1) is 0 Å². The van der Waals surface area contributed by atoms with E-state index in [-0.39, 0.29) is 0 Å². The van der Waals surface area contributed by atoms with Gasteiger partial charge in [-0.2, -0.15) is 0 Å². The lowest BCUT2D eigenvalue weighted by molar-refractivity contribution is 0.0389. The van der Waals surface area contributed by atoms with Crippen molar-refractivity contribution < 1.29 is 9.47 Å². The second kappa shape index (κ2) is 12.6. The number of nitrogens with one attached hydrogen (secondary N) is 2. The number of morpholine rings is 1. The summed E-state index contributed by atoms with van der Waals surface area (Å²) in [5, 5.41) is 6.79. The van der Waals surface area contributed by atoms with Crippen LogP contribution in [0.5, 0.6) is 5.75 Å². The predicted octanol–water partition coefficient (Wildman–Crippen LogP) is 2.56. The Hall–Kier alpha value is -1.79. The van der Waals surface area contributed by atoms with Gasteiger partial charge >= 0.3 is 0 Å². The summed E-state index contributed by atoms with van der Waals surface area (Å²) < 4.78 is 11.4. The SMILES string of the molecule is CCCCCOc1cc(C)ccc1CNC(=NC)NCCN1CCOCC1. The molecular weight excluding hydrogens is 340 g/mol. The van der Waals surface area contributed by atoms with Crippen LogP contribution in [0.25, 0.3) is 0 Å². The summed E-state index contributed by atoms with van der Waals surface area (Å²) in [6.07, 6.45) is 3.51. The lowest BCUT2D eigenvalue weighted by Crippen LogP contribution is -2.44. The molecule has 0 aliphatic carbocycles. The molecule has 0 bridgehead atoms. The standard InChI is InChI=1S/C21H36N4O2/c1-4-5-6-13-27-20-16-18(2)7-8-19(20)17-24-21(22-3)23-9-10-25-11-14-26-15-12-25/h7-8,16H,4-6,9-15,17H2,1-3H3,(H2,22,23,24). The third-order valence-electron chi connectivity index (χ3n) is 4.72. The van der Waals surface area contributed by atoms with Gasteiger partial charge < -0.3 is 20.1 Å². The van der Waals surface area contributed by atoms with Crippen LogP contribution in [0.2, 0.25) is 0 Å². The topological polar surface area (TPSA) is 58.1 Å². The van der Waals surface area contributed by atoms with Crippen LogP contribution in [0.4, 0.5) is 0 Å². The number of nitrogens with zero attached hydrogens (tertiary/aromatic N) is 2. The van der Waals surface area contributed by atoms with Crippen molar-refractivity contribution in [2.75, 3.05) is 53.0 Å². The number of aryl methyl sites for hydroxylation is 1. The number of guanidine groups is 1. The maximum Gasteiger partial charge on any atom is 0.191 e. The molecule has 0 saturated carbocycles. The summed E-state index contributed by atoms with van der Waals surface area (Å²) in [4.78, 5) is 6.74. The molecule has 0 atom stereocenters. The highest BCUT2D eigenvalue weighted by atomic mass is 16.5. The lowest BCUT2D eigenvalue weighted by atomic mass is 10.1. The Morgan fingerprint density at radius 2 is 2.04 bits per heavy atom. The van der Waals surface area contributed by atoms with Gasteiger partial charge in [0.1, 0.15) is 5.75 Å². The molecule has 0 spiro atoms. The minimum absolute atomic E-state index is 0.695. The molecule has 1 aromatic carbocycles. The molecule has 1 aliphatic rings. The van der Waals surface area contributed by atoms with Crippen LogP contribution in [0, 0.1) is 6.92 Å². The Morgan fingerprint density at radius 1 is 1.22 bits per heavy atom. The second-order valence-electron chi connectivity index (χ2n) is 6.97. The molecule has 0 amide bonds. The summed E-state index contributed by atoms with van der Waals surface area (Å²) in [5.41, 5.74) is 2.38. The quantitative estimate of drug-likeness (QED) is 0.373. The van der Waals surface area contributed by atoms with Crippen molar-refractivity contribution in [2.45, 2.75) is 39.7 Å². The summed E-state index contributed by atoms with van der Waals surface area (Å²) >= 11 is 0. The molecule has 2 rings (SSSR count). The van der Waals surface area contributed by atoms with Gasteiger partial charge in [0.15, 0.2) is 5.96 Å². The van der Waals surface area contributed by atoms with Crippen molar-refractivity contribution in [1.29, 1.82) is 0 Å². The van der Waals surface area contributed by atoms with E-state index in [1.165, 1.54) is 18.4 Å². The van der Waals surface area contributed by atoms with Gasteiger partial charge in [-0.3, -0.25) is 9.89 Å². The van der Waals surface area contributed by atoms with E-state index in [2.05, 4.69) is 52.6 Å². The Labute approximate surface area is 164 Å². The minimum Gasteiger partial charge on any atom is -0.493 e. The molecule has 27 heavy (non-hydrogen) atoms. The summed E-state index contributed by atoms with van der Waals surface area (Å²) in [6.45, 7) is 11.3. The first kappa shape index (κ1) is 21.5. The lowest BCUT2D eigenvalue weighted by Gasteiger charge is -2.26. The predicted molar refractivity (Wildman–Crippen MR) is 112 cm³/mol. The Kier molecular flexibility index (Phi) is 10.0. The van der Waals surface area contributed by atoms with E-state index in [0.29, 0.717) is 6.54 Å². The van der Waals surface area contributed by atoms with Gasteiger partial charge in [0.25, 0.3) is 0 Å². The maximum atomic E-state index is 6.03. The van der Waals surface area contributed by atoms with Crippen molar-refractivity contribution in [3.8, 4) is 5.75 Å². The van der Waals surface area contributed by atoms with Crippen molar-refractivity contribution >= 4 is 5.96 Å². The monoisotopic (exact) mass is 376 g/mol. The van der Waals surface area contributed by atoms with Crippen LogP contribution in [0.1, 0.15) is 37.3 Å². The number of hydrogen-bond donors (Lipinski definition) is 2. The zero-order valence-electron chi connectivity index (χ0n) is 17.2. The van der Waals surface area contributed by atoms with Gasteiger partial charge in [0.05, 0.1) is 19.8 Å². The minimum atomic E-state index is 0.695. The van der Waals surface area contributed by atoms with E-state index in [4.69, 9.17) is 9.47 Å². The van der Waals surface area contributed by atoms with E-state index in [1.807, 2.05) is 0 Å². The highest BCUT2D eigenvalue weighted by Crippen LogP contribution is 2.20. The third-order valence-corrected chi connectivity index (χ3v) is 4.72. The van der Waals surface area contributed by atoms with E-state index < -0.39 is 0 Å². The van der Waals surface area contributed by atoms with Gasteiger partial charge in [-0.25, -0.2) is 0 Å². The van der Waals surface area contributed by atoms with Crippen molar-refractivity contribution in [3.63, 3.8) is 0 Å². The maximum absolute atomic E-state index is 6.03. The zero-order chi connectivity index (χ0) is 19.3. The third kappa shape index (κ3) is 8.18. The Morgan fingerprint density at radius 3 is 2.78 bits per heavy atom. The molecule has 0 aromatic heterocycles. The molecule has 2 N–H and O–H groups in total. The summed E-state index contributed by atoms with van der Waals surface area (Å²) in [6, 6.07) is 6.39. The molecule has 6 nitrogen and oxygen atoms in total. The molecule has 0 unspecified atom stereocenters. The molecule has 0 radical (unpaired) electrons. The fraction of sp³-hybridized carbons (Fsp3) is 0.667. The fourth-order valence-corrected chi connectivity index (χ4v) is 3.03. The van der Waals surface area contributed by atoms with Crippen LogP contribution >= 0.6 is 0 Å². The van der Waals surface area contributed by atoms with Crippen LogP contribution in [-0.4, -0.2) is 63.9 Å². The van der Waals surface area contributed by atoms with E-state index >= 15 is 0 Å². The molecular formula is C21H36N4O2. The molecule has 1 aliphatic heterocycles. The second-order valence-corrected chi connectivity index (χ2v) is 6.97. The molecule has 1 aromatic rings. The van der Waals surface area contributed by atoms with Gasteiger partial charge in [-0.05, 0) is 25.0 Å². The highest BCUT2D eigenvalue weighted by molar-refractivity contribution is 5.79. The summed E-state index contributed by atoms with van der Waals surface area (Å²) in [7, 11) is 1.81. The van der Waals surface area contributed by atoms with Crippen LogP contribution in [0.15, 0.2) is 23.2 Å². The smallest absolute Gasteiger partial charge is 0.191 e. The first-order valence-corrected chi connectivity index (χ1v) is 10.2. The zero-order valence-corrected chi connectivity index (χ0v) is 17.2. The fourth-order valence-electron chi connectivity index (χ4n) is 3.03. The van der Waals surface area contributed by atoms with Gasteiger partial charge in [0, 0.05) is 45.3 Å². The summed E-state index contributed by atoms with van der Waals surface area (Å²) in [5.74, 6) is 1.79. The van der Waals surface area contributed by atoms with Crippen LogP contribution in [-0.2, 0) is 11.3 Å². The average molecular weight is 377 g/mol. The largest absolute Gasteiger partial charge is 0.493 e. The normalized spacial score (nSPS) is 15.6. The van der Waals surface area contributed by atoms with Gasteiger partial charge in [0.2, 0.25) is 0 Å². The van der Waals surface area contributed by atoms with Crippen LogP contribution in [0.3, 0.4) is 0 Å². The van der Waals surface area contributed by atoms with Crippen LogP contribution < -0.4 is 15.4 Å². The number of ether oxygens (including phenoxy) is 2. The number of unbranched alkanes of at least 4 members (excludes halogenated alkanes) is 2. The number of benzene rings is 1. The molecule has 152 valence electrons. The van der Waals surface area contributed by atoms with E-state index in [9.17, 15) is 0 Å². The number of aliphatic imine (C=N–C) groups is 1. The molecule has 1 saturated heterocycles. The van der Waals surface area contributed by atoms with Crippen molar-refractivity contribution in [2.24, 2.45) is 4.99 Å². The Balaban J connectivity index is 1.78. The van der Waals surface area contributed by atoms with Gasteiger partial charge in [-0.1, -0.05) is 31.9 Å². The molecule has 1 heterocycles. The average Bonchev–Trinajstić information content (AvgIpc) is 2.69. The van der Waals surface area contributed by atoms with E-state index in [1.54, 1.807) is 7.05 Å². The Bertz CT molecular complexity index is 571. The molecule has 6 heteroatoms. The number of hydrogen-bond acceptors (Lipinski definition) is 4. The molecule has 1 fully saturated rings. The highest BCUT2D eigenvalue weighted by Gasteiger charge is 2.10.